The molecule has 0 unspecified atom stereocenters. The molecule has 1 fully saturated rings. The summed E-state index contributed by atoms with van der Waals surface area (Å²) in [5, 5.41) is 2.28. The zero-order valence-corrected chi connectivity index (χ0v) is 14.6. The minimum absolute atomic E-state index is 0.134. The average Bonchev–Trinajstić information content (AvgIpc) is 2.62. The molecule has 4 nitrogen and oxygen atoms in total. The number of nitrogens with zero attached hydrogens (tertiary/aromatic N) is 2. The van der Waals surface area contributed by atoms with Gasteiger partial charge in [-0.25, -0.2) is 0 Å². The molecule has 0 spiro atoms. The van der Waals surface area contributed by atoms with E-state index in [2.05, 4.69) is 17.0 Å². The number of rotatable bonds is 5. The smallest absolute Gasteiger partial charge is 0.254 e. The maximum atomic E-state index is 13.2. The number of carbonyl (C=O) groups excluding carboxylic acids is 1. The lowest BCUT2D eigenvalue weighted by molar-refractivity contribution is 0.0276. The predicted octanol–water partition coefficient (Wildman–Crippen LogP) is 3.02. The summed E-state index contributed by atoms with van der Waals surface area (Å²) in [6.45, 7) is 3.11. The summed E-state index contributed by atoms with van der Waals surface area (Å²) in [6.07, 6.45) is 1.85. The molecule has 4 heteroatoms. The summed E-state index contributed by atoms with van der Waals surface area (Å²) in [7, 11) is 4.09. The summed E-state index contributed by atoms with van der Waals surface area (Å²) in [5.74, 6) is 0.134. The van der Waals surface area contributed by atoms with Crippen molar-refractivity contribution < 1.29 is 9.53 Å². The molecule has 0 N–H and O–H groups in total. The molecule has 0 aromatic heterocycles. The van der Waals surface area contributed by atoms with Gasteiger partial charge in [0.05, 0.1) is 0 Å². The van der Waals surface area contributed by atoms with E-state index < -0.39 is 0 Å². The SMILES string of the molecule is CN(C)CCN(C(=O)c1ccc2ccccc2c1)C1CCOCC1. The molecule has 1 aliphatic heterocycles. The Kier molecular flexibility index (Phi) is 5.48. The third-order valence-corrected chi connectivity index (χ3v) is 4.68. The van der Waals surface area contributed by atoms with Crippen LogP contribution in [-0.4, -0.2) is 62.1 Å². The van der Waals surface area contributed by atoms with Gasteiger partial charge in [0.2, 0.25) is 0 Å². The Morgan fingerprint density at radius 2 is 1.75 bits per heavy atom. The Morgan fingerprint density at radius 1 is 1.04 bits per heavy atom. The minimum atomic E-state index is 0.134. The van der Waals surface area contributed by atoms with Crippen molar-refractivity contribution in [2.45, 2.75) is 18.9 Å². The zero-order valence-electron chi connectivity index (χ0n) is 14.6. The van der Waals surface area contributed by atoms with Crippen LogP contribution in [0.4, 0.5) is 0 Å². The van der Waals surface area contributed by atoms with Crippen molar-refractivity contribution in [3.05, 3.63) is 48.0 Å². The highest BCUT2D eigenvalue weighted by atomic mass is 16.5. The second-order valence-corrected chi connectivity index (χ2v) is 6.71. The molecule has 0 bridgehead atoms. The van der Waals surface area contributed by atoms with Crippen molar-refractivity contribution in [3.8, 4) is 0 Å². The maximum Gasteiger partial charge on any atom is 0.254 e. The topological polar surface area (TPSA) is 32.8 Å². The second-order valence-electron chi connectivity index (χ2n) is 6.71. The number of benzene rings is 2. The minimum Gasteiger partial charge on any atom is -0.381 e. The van der Waals surface area contributed by atoms with Crippen LogP contribution in [0.2, 0.25) is 0 Å². The highest BCUT2D eigenvalue weighted by Crippen LogP contribution is 2.21. The van der Waals surface area contributed by atoms with Gasteiger partial charge in [0.1, 0.15) is 0 Å². The van der Waals surface area contributed by atoms with E-state index in [1.54, 1.807) is 0 Å². The molecule has 0 atom stereocenters. The van der Waals surface area contributed by atoms with Crippen LogP contribution in [-0.2, 0) is 4.74 Å². The van der Waals surface area contributed by atoms with Gasteiger partial charge >= 0.3 is 0 Å². The highest BCUT2D eigenvalue weighted by molar-refractivity contribution is 5.98. The lowest BCUT2D eigenvalue weighted by Gasteiger charge is -2.35. The summed E-state index contributed by atoms with van der Waals surface area (Å²) >= 11 is 0. The molecule has 1 heterocycles. The van der Waals surface area contributed by atoms with E-state index in [-0.39, 0.29) is 11.9 Å². The Hall–Kier alpha value is -1.91. The standard InChI is InChI=1S/C20H26N2O2/c1-21(2)11-12-22(19-9-13-24-14-10-19)20(23)18-8-7-16-5-3-4-6-17(16)15-18/h3-8,15,19H,9-14H2,1-2H3. The molecular formula is C20H26N2O2. The van der Waals surface area contributed by atoms with Crippen molar-refractivity contribution >= 4 is 16.7 Å². The third-order valence-electron chi connectivity index (χ3n) is 4.68. The Balaban J connectivity index is 1.84. The van der Waals surface area contributed by atoms with Crippen molar-refractivity contribution in [2.24, 2.45) is 0 Å². The molecule has 0 saturated carbocycles. The van der Waals surface area contributed by atoms with E-state index >= 15 is 0 Å². The van der Waals surface area contributed by atoms with Gasteiger partial charge in [0.15, 0.2) is 0 Å². The summed E-state index contributed by atoms with van der Waals surface area (Å²) in [4.78, 5) is 17.3. The molecule has 1 aliphatic rings. The lowest BCUT2D eigenvalue weighted by Crippen LogP contribution is -2.46. The van der Waals surface area contributed by atoms with E-state index in [9.17, 15) is 4.79 Å². The first-order chi connectivity index (χ1) is 11.6. The molecule has 1 saturated heterocycles. The first-order valence-electron chi connectivity index (χ1n) is 8.67. The monoisotopic (exact) mass is 326 g/mol. The highest BCUT2D eigenvalue weighted by Gasteiger charge is 2.26. The normalized spacial score (nSPS) is 15.8. The predicted molar refractivity (Wildman–Crippen MR) is 97.4 cm³/mol. The maximum absolute atomic E-state index is 13.2. The molecule has 128 valence electrons. The van der Waals surface area contributed by atoms with Crippen LogP contribution in [0.3, 0.4) is 0 Å². The fraction of sp³-hybridized carbons (Fsp3) is 0.450. The van der Waals surface area contributed by atoms with Gasteiger partial charge in [-0.1, -0.05) is 30.3 Å². The number of hydrogen-bond acceptors (Lipinski definition) is 3. The average molecular weight is 326 g/mol. The second kappa shape index (κ2) is 7.77. The number of fused-ring (bicyclic) bond motifs is 1. The van der Waals surface area contributed by atoms with Crippen LogP contribution < -0.4 is 0 Å². The molecule has 0 radical (unpaired) electrons. The van der Waals surface area contributed by atoms with E-state index in [0.29, 0.717) is 0 Å². The van der Waals surface area contributed by atoms with Crippen LogP contribution >= 0.6 is 0 Å². The molecule has 1 amide bonds. The Labute approximate surface area is 144 Å². The quantitative estimate of drug-likeness (QED) is 0.847. The Bertz CT molecular complexity index is 693. The first kappa shape index (κ1) is 16.9. The largest absolute Gasteiger partial charge is 0.381 e. The number of hydrogen-bond donors (Lipinski definition) is 0. The first-order valence-corrected chi connectivity index (χ1v) is 8.67. The zero-order chi connectivity index (χ0) is 16.9. The van der Waals surface area contributed by atoms with E-state index in [0.717, 1.165) is 50.1 Å². The van der Waals surface area contributed by atoms with E-state index in [1.807, 2.05) is 49.3 Å². The van der Waals surface area contributed by atoms with Gasteiger partial charge < -0.3 is 14.5 Å². The van der Waals surface area contributed by atoms with E-state index in [1.165, 1.54) is 5.39 Å². The van der Waals surface area contributed by atoms with Crippen molar-refractivity contribution in [1.82, 2.24) is 9.80 Å². The van der Waals surface area contributed by atoms with E-state index in [4.69, 9.17) is 4.74 Å². The van der Waals surface area contributed by atoms with Gasteiger partial charge in [-0.05, 0) is 49.8 Å². The van der Waals surface area contributed by atoms with Gasteiger partial charge in [-0.2, -0.15) is 0 Å². The van der Waals surface area contributed by atoms with Crippen molar-refractivity contribution in [2.75, 3.05) is 40.4 Å². The van der Waals surface area contributed by atoms with Gasteiger partial charge in [0.25, 0.3) is 5.91 Å². The van der Waals surface area contributed by atoms with Crippen molar-refractivity contribution in [3.63, 3.8) is 0 Å². The molecular weight excluding hydrogens is 300 g/mol. The van der Waals surface area contributed by atoms with Crippen LogP contribution in [0.1, 0.15) is 23.2 Å². The number of amides is 1. The lowest BCUT2D eigenvalue weighted by atomic mass is 10.0. The Morgan fingerprint density at radius 3 is 2.46 bits per heavy atom. The van der Waals surface area contributed by atoms with Crippen LogP contribution in [0.5, 0.6) is 0 Å². The van der Waals surface area contributed by atoms with Gasteiger partial charge in [-0.3, -0.25) is 4.79 Å². The molecule has 24 heavy (non-hydrogen) atoms. The molecule has 2 aromatic rings. The third kappa shape index (κ3) is 3.94. The molecule has 3 rings (SSSR count). The fourth-order valence-electron chi connectivity index (χ4n) is 3.24. The summed E-state index contributed by atoms with van der Waals surface area (Å²) in [5.41, 5.74) is 0.777. The van der Waals surface area contributed by atoms with Gasteiger partial charge in [-0.15, -0.1) is 0 Å². The molecule has 2 aromatic carbocycles. The molecule has 0 aliphatic carbocycles. The number of likely N-dealkylation sites (N-methyl/N-ethyl adjacent to an activating group) is 1. The number of carbonyl (C=O) groups is 1. The van der Waals surface area contributed by atoms with Crippen LogP contribution in [0, 0.1) is 0 Å². The summed E-state index contributed by atoms with van der Waals surface area (Å²) < 4.78 is 5.47. The van der Waals surface area contributed by atoms with Crippen molar-refractivity contribution in [1.29, 1.82) is 0 Å². The van der Waals surface area contributed by atoms with Gasteiger partial charge in [0, 0.05) is 37.9 Å². The summed E-state index contributed by atoms with van der Waals surface area (Å²) in [6, 6.07) is 14.4. The van der Waals surface area contributed by atoms with Crippen LogP contribution in [0.15, 0.2) is 42.5 Å². The number of ether oxygens (including phenoxy) is 1. The fourth-order valence-corrected chi connectivity index (χ4v) is 3.24. The van der Waals surface area contributed by atoms with Crippen LogP contribution in [0.25, 0.3) is 10.8 Å².